The molecule has 0 aromatic heterocycles. The fourth-order valence-electron chi connectivity index (χ4n) is 2.76. The van der Waals surface area contributed by atoms with Crippen LogP contribution in [0.5, 0.6) is 0 Å². The van der Waals surface area contributed by atoms with Crippen LogP contribution >= 0.6 is 0 Å². The molecule has 122 valence electrons. The average Bonchev–Trinajstić information content (AvgIpc) is 2.49. The second-order valence-electron chi connectivity index (χ2n) is 5.70. The van der Waals surface area contributed by atoms with Gasteiger partial charge in [0.25, 0.3) is 5.69 Å². The van der Waals surface area contributed by atoms with Gasteiger partial charge in [-0.25, -0.2) is 8.42 Å². The van der Waals surface area contributed by atoms with Gasteiger partial charge in [0.2, 0.25) is 10.0 Å². The predicted molar refractivity (Wildman–Crippen MR) is 83.1 cm³/mol. The van der Waals surface area contributed by atoms with Crippen molar-refractivity contribution >= 4 is 15.7 Å². The van der Waals surface area contributed by atoms with Crippen LogP contribution in [0.1, 0.15) is 24.0 Å². The number of hydrogen-bond donors (Lipinski definition) is 1. The fraction of sp³-hybridized carbons (Fsp3) is 0.571. The molecule has 7 nitrogen and oxygen atoms in total. The molecule has 0 bridgehead atoms. The predicted octanol–water partition coefficient (Wildman–Crippen LogP) is 1.57. The van der Waals surface area contributed by atoms with E-state index in [1.165, 1.54) is 10.4 Å². The third kappa shape index (κ3) is 2.99. The van der Waals surface area contributed by atoms with Gasteiger partial charge in [-0.05, 0) is 50.3 Å². The van der Waals surface area contributed by atoms with Gasteiger partial charge < -0.3 is 5.73 Å². The quantitative estimate of drug-likeness (QED) is 0.667. The molecule has 0 unspecified atom stereocenters. The number of benzene rings is 1. The highest BCUT2D eigenvalue weighted by Crippen LogP contribution is 2.33. The number of sulfonamides is 1. The molecule has 8 heteroatoms. The van der Waals surface area contributed by atoms with E-state index in [4.69, 9.17) is 5.73 Å². The molecule has 22 heavy (non-hydrogen) atoms. The lowest BCUT2D eigenvalue weighted by molar-refractivity contribution is -0.388. The van der Waals surface area contributed by atoms with Gasteiger partial charge in [-0.3, -0.25) is 10.1 Å². The summed E-state index contributed by atoms with van der Waals surface area (Å²) in [5.41, 5.74) is 6.43. The first kappa shape index (κ1) is 16.9. The van der Waals surface area contributed by atoms with Gasteiger partial charge in [0.05, 0.1) is 4.92 Å². The Balaban J connectivity index is 2.46. The topological polar surface area (TPSA) is 107 Å². The molecule has 1 aromatic rings. The largest absolute Gasteiger partial charge is 0.330 e. The second kappa shape index (κ2) is 6.31. The van der Waals surface area contributed by atoms with E-state index in [0.717, 1.165) is 5.56 Å². The Bertz CT molecular complexity index is 680. The molecule has 0 radical (unpaired) electrons. The second-order valence-corrected chi connectivity index (χ2v) is 7.57. The van der Waals surface area contributed by atoms with Crippen LogP contribution in [0.3, 0.4) is 0 Å². The van der Waals surface area contributed by atoms with Gasteiger partial charge in [-0.1, -0.05) is 6.07 Å². The zero-order valence-corrected chi connectivity index (χ0v) is 13.6. The van der Waals surface area contributed by atoms with Crippen molar-refractivity contribution in [1.29, 1.82) is 0 Å². The highest BCUT2D eigenvalue weighted by molar-refractivity contribution is 7.89. The van der Waals surface area contributed by atoms with Crippen LogP contribution in [0.4, 0.5) is 5.69 Å². The number of nitrogens with two attached hydrogens (primary N) is 1. The lowest BCUT2D eigenvalue weighted by Crippen LogP contribution is -2.40. The number of nitro benzene ring substituents is 1. The van der Waals surface area contributed by atoms with Crippen molar-refractivity contribution < 1.29 is 13.3 Å². The van der Waals surface area contributed by atoms with Crippen molar-refractivity contribution in [3.05, 3.63) is 33.4 Å². The molecule has 0 amide bonds. The van der Waals surface area contributed by atoms with Crippen LogP contribution in [-0.4, -0.2) is 37.3 Å². The summed E-state index contributed by atoms with van der Waals surface area (Å²) >= 11 is 0. The van der Waals surface area contributed by atoms with Gasteiger partial charge >= 0.3 is 0 Å². The van der Waals surface area contributed by atoms with Crippen LogP contribution in [0, 0.1) is 29.9 Å². The molecule has 0 aliphatic carbocycles. The Hall–Kier alpha value is -1.51. The smallest absolute Gasteiger partial charge is 0.289 e. The molecule has 2 rings (SSSR count). The highest BCUT2D eigenvalue weighted by Gasteiger charge is 2.35. The summed E-state index contributed by atoms with van der Waals surface area (Å²) in [6.45, 7) is 4.61. The average molecular weight is 327 g/mol. The van der Waals surface area contributed by atoms with Crippen molar-refractivity contribution in [2.24, 2.45) is 11.7 Å². The van der Waals surface area contributed by atoms with Crippen molar-refractivity contribution in [1.82, 2.24) is 4.31 Å². The lowest BCUT2D eigenvalue weighted by atomic mass is 9.99. The van der Waals surface area contributed by atoms with Crippen molar-refractivity contribution in [2.75, 3.05) is 19.6 Å². The van der Waals surface area contributed by atoms with Crippen molar-refractivity contribution in [3.8, 4) is 0 Å². The first-order valence-corrected chi connectivity index (χ1v) is 8.67. The van der Waals surface area contributed by atoms with E-state index in [9.17, 15) is 18.5 Å². The van der Waals surface area contributed by atoms with E-state index in [0.29, 0.717) is 44.0 Å². The maximum absolute atomic E-state index is 12.9. The number of nitrogens with zero attached hydrogens (tertiary/aromatic N) is 2. The van der Waals surface area contributed by atoms with E-state index < -0.39 is 14.9 Å². The van der Waals surface area contributed by atoms with Crippen molar-refractivity contribution in [2.45, 2.75) is 31.6 Å². The molecular weight excluding hydrogens is 306 g/mol. The van der Waals surface area contributed by atoms with Crippen LogP contribution in [0.25, 0.3) is 0 Å². The van der Waals surface area contributed by atoms with Crippen LogP contribution < -0.4 is 5.73 Å². The summed E-state index contributed by atoms with van der Waals surface area (Å²) < 4.78 is 27.1. The fourth-order valence-corrected chi connectivity index (χ4v) is 4.66. The van der Waals surface area contributed by atoms with E-state index in [-0.39, 0.29) is 10.6 Å². The van der Waals surface area contributed by atoms with Crippen molar-refractivity contribution in [3.63, 3.8) is 0 Å². The molecule has 2 N–H and O–H groups in total. The van der Waals surface area contributed by atoms with Gasteiger partial charge in [0.15, 0.2) is 4.90 Å². The number of nitro groups is 1. The van der Waals surface area contributed by atoms with Crippen LogP contribution in [0.2, 0.25) is 0 Å². The first-order valence-electron chi connectivity index (χ1n) is 7.23. The summed E-state index contributed by atoms with van der Waals surface area (Å²) in [7, 11) is -3.87. The maximum atomic E-state index is 12.9. The minimum absolute atomic E-state index is 0.177. The normalized spacial score (nSPS) is 17.6. The molecule has 0 spiro atoms. The monoisotopic (exact) mass is 327 g/mol. The summed E-state index contributed by atoms with van der Waals surface area (Å²) in [4.78, 5) is 10.4. The van der Waals surface area contributed by atoms with E-state index >= 15 is 0 Å². The van der Waals surface area contributed by atoms with Gasteiger partial charge in [-0.2, -0.15) is 4.31 Å². The Morgan fingerprint density at radius 2 is 1.91 bits per heavy atom. The van der Waals surface area contributed by atoms with E-state index in [2.05, 4.69) is 0 Å². The van der Waals surface area contributed by atoms with E-state index in [1.54, 1.807) is 19.9 Å². The van der Waals surface area contributed by atoms with Crippen LogP contribution in [-0.2, 0) is 10.0 Å². The Labute approximate surface area is 130 Å². The minimum atomic E-state index is -3.87. The number of aryl methyl sites for hydroxylation is 1. The first-order chi connectivity index (χ1) is 10.3. The van der Waals surface area contributed by atoms with Gasteiger partial charge in [-0.15, -0.1) is 0 Å². The molecule has 1 fully saturated rings. The third-order valence-electron chi connectivity index (χ3n) is 4.36. The molecule has 1 aliphatic rings. The summed E-state index contributed by atoms with van der Waals surface area (Å²) in [6.07, 6.45) is 1.38. The molecule has 0 atom stereocenters. The summed E-state index contributed by atoms with van der Waals surface area (Å²) in [5, 5.41) is 11.2. The summed E-state index contributed by atoms with van der Waals surface area (Å²) in [6, 6.07) is 2.84. The van der Waals surface area contributed by atoms with Crippen LogP contribution in [0.15, 0.2) is 17.0 Å². The Morgan fingerprint density at radius 1 is 1.32 bits per heavy atom. The summed E-state index contributed by atoms with van der Waals surface area (Å²) in [5.74, 6) is 0.319. The highest BCUT2D eigenvalue weighted by atomic mass is 32.2. The molecule has 1 aliphatic heterocycles. The zero-order chi connectivity index (χ0) is 16.5. The SMILES string of the molecule is Cc1ccc([N+](=O)[O-])c(S(=O)(=O)N2CCC(CN)CC2)c1C. The molecule has 0 saturated carbocycles. The molecule has 1 heterocycles. The molecule has 1 saturated heterocycles. The standard InChI is InChI=1S/C14H21N3O4S/c1-10-3-4-13(17(18)19)14(11(10)2)22(20,21)16-7-5-12(9-15)6-8-16/h3-4,12H,5-9,15H2,1-2H3. The Kier molecular flexibility index (Phi) is 4.84. The van der Waals surface area contributed by atoms with Gasteiger partial charge in [0.1, 0.15) is 0 Å². The number of piperidine rings is 1. The molecule has 1 aromatic carbocycles. The van der Waals surface area contributed by atoms with E-state index in [1.807, 2.05) is 0 Å². The number of rotatable bonds is 4. The lowest BCUT2D eigenvalue weighted by Gasteiger charge is -2.30. The number of hydrogen-bond acceptors (Lipinski definition) is 5. The Morgan fingerprint density at radius 3 is 2.41 bits per heavy atom. The third-order valence-corrected chi connectivity index (χ3v) is 6.43. The molecular formula is C14H21N3O4S. The zero-order valence-electron chi connectivity index (χ0n) is 12.8. The minimum Gasteiger partial charge on any atom is -0.330 e. The maximum Gasteiger partial charge on any atom is 0.289 e. The van der Waals surface area contributed by atoms with Gasteiger partial charge in [0, 0.05) is 19.2 Å².